The van der Waals surface area contributed by atoms with Crippen LogP contribution in [0.15, 0.2) is 27.1 Å². The number of hydrogen-bond acceptors (Lipinski definition) is 1. The second-order valence-electron chi connectivity index (χ2n) is 1.92. The van der Waals surface area contributed by atoms with E-state index in [4.69, 9.17) is 4.74 Å². The summed E-state index contributed by atoms with van der Waals surface area (Å²) in [6, 6.07) is 5.75. The minimum absolute atomic E-state index is 0.445. The molecular formula is C8H7Br2O. The van der Waals surface area contributed by atoms with E-state index in [1.807, 2.05) is 18.2 Å². The van der Waals surface area contributed by atoms with Crippen molar-refractivity contribution >= 4 is 31.9 Å². The van der Waals surface area contributed by atoms with Crippen LogP contribution in [0.4, 0.5) is 0 Å². The van der Waals surface area contributed by atoms with Gasteiger partial charge in [-0.2, -0.15) is 0 Å². The summed E-state index contributed by atoms with van der Waals surface area (Å²) in [7, 11) is 0. The fourth-order valence-electron chi connectivity index (χ4n) is 0.702. The normalized spacial score (nSPS) is 9.73. The molecule has 0 heterocycles. The van der Waals surface area contributed by atoms with Crippen LogP contribution < -0.4 is 4.74 Å². The average molecular weight is 279 g/mol. The zero-order valence-corrected chi connectivity index (χ0v) is 8.98. The van der Waals surface area contributed by atoms with E-state index < -0.39 is 0 Å². The number of halogens is 2. The summed E-state index contributed by atoms with van der Waals surface area (Å²) in [4.78, 5) is 0. The maximum absolute atomic E-state index is 5.21. The van der Waals surface area contributed by atoms with Gasteiger partial charge in [0.15, 0.2) is 0 Å². The summed E-state index contributed by atoms with van der Waals surface area (Å²) in [6.07, 6.45) is 0. The van der Waals surface area contributed by atoms with Gasteiger partial charge < -0.3 is 4.74 Å². The van der Waals surface area contributed by atoms with Gasteiger partial charge in [0.2, 0.25) is 0 Å². The molecule has 0 N–H and O–H groups in total. The second kappa shape index (κ2) is 4.12. The zero-order chi connectivity index (χ0) is 8.27. The monoisotopic (exact) mass is 277 g/mol. The Balaban J connectivity index is 2.90. The first-order chi connectivity index (χ1) is 5.24. The van der Waals surface area contributed by atoms with Gasteiger partial charge in [0.05, 0.1) is 11.1 Å². The Morgan fingerprint density at radius 1 is 1.36 bits per heavy atom. The first-order valence-corrected chi connectivity index (χ1v) is 4.69. The third kappa shape index (κ3) is 2.49. The van der Waals surface area contributed by atoms with Crippen LogP contribution in [0.25, 0.3) is 0 Å². The molecule has 0 fully saturated rings. The predicted octanol–water partition coefficient (Wildman–Crippen LogP) is 3.42. The molecule has 0 bridgehead atoms. The van der Waals surface area contributed by atoms with Crippen LogP contribution in [0.2, 0.25) is 0 Å². The fourth-order valence-corrected chi connectivity index (χ4v) is 1.86. The quantitative estimate of drug-likeness (QED) is 0.805. The Hall–Kier alpha value is -0.0200. The third-order valence-electron chi connectivity index (χ3n) is 1.15. The standard InChI is InChI=1S/C8H7Br2O/c1-2-11-8-4-3-6(9)5-7(8)10/h3-5H,1-2H2. The minimum Gasteiger partial charge on any atom is -0.492 e. The summed E-state index contributed by atoms with van der Waals surface area (Å²) in [6.45, 7) is 4.03. The maximum Gasteiger partial charge on any atom is 0.133 e. The Labute approximate surface area is 83.0 Å². The van der Waals surface area contributed by atoms with Crippen molar-refractivity contribution in [2.75, 3.05) is 6.61 Å². The molecule has 1 aromatic carbocycles. The minimum atomic E-state index is 0.445. The van der Waals surface area contributed by atoms with Crippen LogP contribution in [0, 0.1) is 6.92 Å². The van der Waals surface area contributed by atoms with Crippen LogP contribution in [0.3, 0.4) is 0 Å². The summed E-state index contributed by atoms with van der Waals surface area (Å²) in [5.74, 6) is 0.822. The van der Waals surface area contributed by atoms with Crippen LogP contribution >= 0.6 is 31.9 Å². The van der Waals surface area contributed by atoms with E-state index in [0.717, 1.165) is 14.7 Å². The molecule has 0 spiro atoms. The van der Waals surface area contributed by atoms with Crippen molar-refractivity contribution in [3.05, 3.63) is 34.1 Å². The lowest BCUT2D eigenvalue weighted by Gasteiger charge is -2.04. The molecule has 3 heteroatoms. The van der Waals surface area contributed by atoms with Crippen molar-refractivity contribution in [2.24, 2.45) is 0 Å². The van der Waals surface area contributed by atoms with Gasteiger partial charge in [0.1, 0.15) is 5.75 Å². The van der Waals surface area contributed by atoms with Gasteiger partial charge in [-0.3, -0.25) is 0 Å². The molecule has 0 aliphatic carbocycles. The molecule has 0 atom stereocenters. The molecule has 0 aromatic heterocycles. The highest BCUT2D eigenvalue weighted by Gasteiger charge is 1.98. The van der Waals surface area contributed by atoms with E-state index in [-0.39, 0.29) is 0 Å². The smallest absolute Gasteiger partial charge is 0.133 e. The molecule has 1 aromatic rings. The second-order valence-corrected chi connectivity index (χ2v) is 3.69. The van der Waals surface area contributed by atoms with E-state index in [1.165, 1.54) is 0 Å². The summed E-state index contributed by atoms with van der Waals surface area (Å²) in [5.41, 5.74) is 0. The highest BCUT2D eigenvalue weighted by molar-refractivity contribution is 9.11. The maximum atomic E-state index is 5.21. The number of hydrogen-bond donors (Lipinski definition) is 0. The SMILES string of the molecule is [CH2]COc1ccc(Br)cc1Br. The number of ether oxygens (including phenoxy) is 1. The molecule has 0 aliphatic heterocycles. The first kappa shape index (κ1) is 9.07. The van der Waals surface area contributed by atoms with Gasteiger partial charge in [0.25, 0.3) is 0 Å². The van der Waals surface area contributed by atoms with Crippen molar-refractivity contribution in [3.8, 4) is 5.75 Å². The summed E-state index contributed by atoms with van der Waals surface area (Å²) >= 11 is 6.71. The lowest BCUT2D eigenvalue weighted by Crippen LogP contribution is -1.91. The Morgan fingerprint density at radius 2 is 2.09 bits per heavy atom. The van der Waals surface area contributed by atoms with E-state index >= 15 is 0 Å². The number of benzene rings is 1. The largest absolute Gasteiger partial charge is 0.492 e. The van der Waals surface area contributed by atoms with E-state index in [0.29, 0.717) is 6.61 Å². The lowest BCUT2D eigenvalue weighted by molar-refractivity contribution is 0.359. The molecular weight excluding hydrogens is 272 g/mol. The van der Waals surface area contributed by atoms with E-state index in [2.05, 4.69) is 38.8 Å². The van der Waals surface area contributed by atoms with Crippen molar-refractivity contribution in [2.45, 2.75) is 0 Å². The van der Waals surface area contributed by atoms with E-state index in [9.17, 15) is 0 Å². The zero-order valence-electron chi connectivity index (χ0n) is 5.81. The predicted molar refractivity (Wildman–Crippen MR) is 52.7 cm³/mol. The molecule has 0 aliphatic rings. The Morgan fingerprint density at radius 3 is 2.64 bits per heavy atom. The average Bonchev–Trinajstić information content (AvgIpc) is 1.95. The van der Waals surface area contributed by atoms with Gasteiger partial charge >= 0.3 is 0 Å². The van der Waals surface area contributed by atoms with Crippen molar-refractivity contribution in [3.63, 3.8) is 0 Å². The molecule has 1 rings (SSSR count). The molecule has 0 saturated carbocycles. The molecule has 59 valence electrons. The molecule has 11 heavy (non-hydrogen) atoms. The molecule has 0 saturated heterocycles. The van der Waals surface area contributed by atoms with Crippen molar-refractivity contribution in [1.29, 1.82) is 0 Å². The molecule has 0 unspecified atom stereocenters. The van der Waals surface area contributed by atoms with Gasteiger partial charge in [-0.05, 0) is 41.1 Å². The van der Waals surface area contributed by atoms with Gasteiger partial charge in [-0.1, -0.05) is 15.9 Å². The van der Waals surface area contributed by atoms with Crippen LogP contribution in [-0.4, -0.2) is 6.61 Å². The Bertz CT molecular complexity index is 248. The van der Waals surface area contributed by atoms with Gasteiger partial charge in [-0.15, -0.1) is 0 Å². The fraction of sp³-hybridized carbons (Fsp3) is 0.125. The van der Waals surface area contributed by atoms with Crippen molar-refractivity contribution in [1.82, 2.24) is 0 Å². The van der Waals surface area contributed by atoms with Gasteiger partial charge in [0, 0.05) is 4.47 Å². The summed E-state index contributed by atoms with van der Waals surface area (Å²) < 4.78 is 7.18. The molecule has 1 nitrogen and oxygen atoms in total. The van der Waals surface area contributed by atoms with Gasteiger partial charge in [-0.25, -0.2) is 0 Å². The highest BCUT2D eigenvalue weighted by Crippen LogP contribution is 2.27. The molecule has 1 radical (unpaired) electrons. The number of rotatable bonds is 2. The Kier molecular flexibility index (Phi) is 3.40. The topological polar surface area (TPSA) is 9.23 Å². The van der Waals surface area contributed by atoms with Crippen LogP contribution in [0.1, 0.15) is 0 Å². The van der Waals surface area contributed by atoms with Crippen LogP contribution in [-0.2, 0) is 0 Å². The lowest BCUT2D eigenvalue weighted by atomic mass is 10.3. The summed E-state index contributed by atoms with van der Waals surface area (Å²) in [5, 5.41) is 0. The third-order valence-corrected chi connectivity index (χ3v) is 2.26. The van der Waals surface area contributed by atoms with E-state index in [1.54, 1.807) is 0 Å². The first-order valence-electron chi connectivity index (χ1n) is 3.11. The van der Waals surface area contributed by atoms with Crippen molar-refractivity contribution < 1.29 is 4.74 Å². The van der Waals surface area contributed by atoms with Crippen LogP contribution in [0.5, 0.6) is 5.75 Å². The highest BCUT2D eigenvalue weighted by atomic mass is 79.9. The molecule has 0 amide bonds.